The second kappa shape index (κ2) is 4.91. The lowest BCUT2D eigenvalue weighted by Crippen LogP contribution is -2.09. The summed E-state index contributed by atoms with van der Waals surface area (Å²) in [6.45, 7) is 0. The predicted molar refractivity (Wildman–Crippen MR) is 66.2 cm³/mol. The molecule has 0 amide bonds. The Labute approximate surface area is 105 Å². The molecule has 18 heavy (non-hydrogen) atoms. The Kier molecular flexibility index (Phi) is 3.32. The maximum atomic E-state index is 12.4. The van der Waals surface area contributed by atoms with E-state index in [0.717, 1.165) is 0 Å². The van der Waals surface area contributed by atoms with Crippen LogP contribution in [0.2, 0.25) is 0 Å². The van der Waals surface area contributed by atoms with E-state index in [1.54, 1.807) is 44.6 Å². The number of carbonyl (C=O) groups excluding carboxylic acids is 1. The molecule has 5 heteroatoms. The number of ketones is 1. The van der Waals surface area contributed by atoms with Gasteiger partial charge in [0.1, 0.15) is 17.2 Å². The molecule has 0 aliphatic carbocycles. The Morgan fingerprint density at radius 1 is 1.22 bits per heavy atom. The van der Waals surface area contributed by atoms with Crippen LogP contribution in [0.15, 0.2) is 30.5 Å². The van der Waals surface area contributed by atoms with Gasteiger partial charge in [0, 0.05) is 13.2 Å². The first kappa shape index (κ1) is 12.2. The molecule has 2 aromatic rings. The molecular formula is C13H14N2O3. The summed E-state index contributed by atoms with van der Waals surface area (Å²) in [5.41, 5.74) is 0.960. The third kappa shape index (κ3) is 2.07. The number of hydrogen-bond donors (Lipinski definition) is 0. The van der Waals surface area contributed by atoms with Gasteiger partial charge in [0.05, 0.1) is 19.8 Å². The van der Waals surface area contributed by atoms with Crippen molar-refractivity contribution in [2.45, 2.75) is 0 Å². The summed E-state index contributed by atoms with van der Waals surface area (Å²) in [6, 6.07) is 6.79. The zero-order valence-electron chi connectivity index (χ0n) is 10.5. The fraction of sp³-hybridized carbons (Fsp3) is 0.231. The molecule has 0 N–H and O–H groups in total. The van der Waals surface area contributed by atoms with Crippen LogP contribution in [0.5, 0.6) is 11.5 Å². The summed E-state index contributed by atoms with van der Waals surface area (Å²) in [4.78, 5) is 12.4. The lowest BCUT2D eigenvalue weighted by molar-refractivity contribution is 0.102. The van der Waals surface area contributed by atoms with Crippen molar-refractivity contribution >= 4 is 5.78 Å². The van der Waals surface area contributed by atoms with Crippen LogP contribution in [0.4, 0.5) is 0 Å². The number of methoxy groups -OCH3 is 2. The topological polar surface area (TPSA) is 53.4 Å². The summed E-state index contributed by atoms with van der Waals surface area (Å²) in [5.74, 6) is 0.981. The van der Waals surface area contributed by atoms with E-state index < -0.39 is 0 Å². The number of ether oxygens (including phenoxy) is 2. The molecule has 1 heterocycles. The van der Waals surface area contributed by atoms with Crippen LogP contribution in [0.1, 0.15) is 16.1 Å². The van der Waals surface area contributed by atoms with Gasteiger partial charge in [-0.05, 0) is 24.3 Å². The lowest BCUT2D eigenvalue weighted by Gasteiger charge is -2.09. The third-order valence-corrected chi connectivity index (χ3v) is 2.70. The van der Waals surface area contributed by atoms with E-state index in [-0.39, 0.29) is 5.78 Å². The minimum atomic E-state index is -0.147. The molecule has 5 nitrogen and oxygen atoms in total. The molecule has 0 atom stereocenters. The van der Waals surface area contributed by atoms with Crippen LogP contribution in [-0.2, 0) is 7.05 Å². The van der Waals surface area contributed by atoms with Crippen LogP contribution in [-0.4, -0.2) is 29.8 Å². The second-order valence-corrected chi connectivity index (χ2v) is 3.74. The van der Waals surface area contributed by atoms with Crippen LogP contribution >= 0.6 is 0 Å². The van der Waals surface area contributed by atoms with Crippen molar-refractivity contribution in [3.8, 4) is 11.5 Å². The monoisotopic (exact) mass is 246 g/mol. The van der Waals surface area contributed by atoms with Crippen molar-refractivity contribution in [2.24, 2.45) is 7.05 Å². The molecule has 0 fully saturated rings. The Morgan fingerprint density at radius 3 is 2.56 bits per heavy atom. The van der Waals surface area contributed by atoms with Gasteiger partial charge < -0.3 is 9.47 Å². The first-order valence-electron chi connectivity index (χ1n) is 5.42. The highest BCUT2D eigenvalue weighted by molar-refractivity contribution is 6.09. The van der Waals surface area contributed by atoms with Crippen molar-refractivity contribution in [3.05, 3.63) is 41.7 Å². The molecule has 1 aromatic carbocycles. The van der Waals surface area contributed by atoms with Gasteiger partial charge >= 0.3 is 0 Å². The fourth-order valence-electron chi connectivity index (χ4n) is 1.73. The van der Waals surface area contributed by atoms with Gasteiger partial charge in [-0.1, -0.05) is 0 Å². The number of benzene rings is 1. The van der Waals surface area contributed by atoms with Crippen LogP contribution in [0.25, 0.3) is 0 Å². The second-order valence-electron chi connectivity index (χ2n) is 3.74. The van der Waals surface area contributed by atoms with E-state index in [2.05, 4.69) is 5.10 Å². The Balaban J connectivity index is 2.49. The van der Waals surface area contributed by atoms with E-state index >= 15 is 0 Å². The molecule has 2 rings (SSSR count). The third-order valence-electron chi connectivity index (χ3n) is 2.70. The lowest BCUT2D eigenvalue weighted by atomic mass is 10.1. The molecule has 0 spiro atoms. The van der Waals surface area contributed by atoms with Gasteiger partial charge in [0.2, 0.25) is 5.78 Å². The van der Waals surface area contributed by atoms with Gasteiger partial charge in [-0.3, -0.25) is 9.48 Å². The number of carbonyl (C=O) groups is 1. The average Bonchev–Trinajstić information content (AvgIpc) is 2.83. The van der Waals surface area contributed by atoms with Gasteiger partial charge in [-0.2, -0.15) is 5.10 Å². The SMILES string of the molecule is COc1ccc(OC)c(C(=O)c2ccnn2C)c1. The highest BCUT2D eigenvalue weighted by Crippen LogP contribution is 2.26. The minimum absolute atomic E-state index is 0.147. The summed E-state index contributed by atoms with van der Waals surface area (Å²) < 4.78 is 11.8. The molecule has 0 aliphatic heterocycles. The summed E-state index contributed by atoms with van der Waals surface area (Å²) in [7, 11) is 4.81. The molecule has 94 valence electrons. The van der Waals surface area contributed by atoms with E-state index in [9.17, 15) is 4.79 Å². The zero-order valence-corrected chi connectivity index (χ0v) is 10.5. The maximum absolute atomic E-state index is 12.4. The highest BCUT2D eigenvalue weighted by atomic mass is 16.5. The first-order valence-corrected chi connectivity index (χ1v) is 5.42. The molecule has 0 unspecified atom stereocenters. The number of nitrogens with zero attached hydrogens (tertiary/aromatic N) is 2. The molecule has 0 radical (unpaired) electrons. The largest absolute Gasteiger partial charge is 0.497 e. The van der Waals surface area contributed by atoms with Gasteiger partial charge in [-0.15, -0.1) is 0 Å². The van der Waals surface area contributed by atoms with Crippen LogP contribution < -0.4 is 9.47 Å². The average molecular weight is 246 g/mol. The molecule has 0 saturated carbocycles. The van der Waals surface area contributed by atoms with E-state index in [1.807, 2.05) is 0 Å². The quantitative estimate of drug-likeness (QED) is 0.770. The fourth-order valence-corrected chi connectivity index (χ4v) is 1.73. The summed E-state index contributed by atoms with van der Waals surface area (Å²) in [6.07, 6.45) is 1.58. The first-order chi connectivity index (χ1) is 8.67. The van der Waals surface area contributed by atoms with Gasteiger partial charge in [-0.25, -0.2) is 0 Å². The molecular weight excluding hydrogens is 232 g/mol. The zero-order chi connectivity index (χ0) is 13.1. The van der Waals surface area contributed by atoms with Crippen LogP contribution in [0.3, 0.4) is 0 Å². The van der Waals surface area contributed by atoms with E-state index in [4.69, 9.17) is 9.47 Å². The van der Waals surface area contributed by atoms with Crippen molar-refractivity contribution in [2.75, 3.05) is 14.2 Å². The van der Waals surface area contributed by atoms with Crippen molar-refractivity contribution in [1.29, 1.82) is 0 Å². The summed E-state index contributed by atoms with van der Waals surface area (Å²) in [5, 5.41) is 3.99. The smallest absolute Gasteiger partial charge is 0.214 e. The number of aryl methyl sites for hydroxylation is 1. The number of aromatic nitrogens is 2. The van der Waals surface area contributed by atoms with Gasteiger partial charge in [0.15, 0.2) is 0 Å². The standard InChI is InChI=1S/C13H14N2O3/c1-15-11(6-7-14-15)13(16)10-8-9(17-2)4-5-12(10)18-3/h4-8H,1-3H3. The maximum Gasteiger partial charge on any atom is 0.214 e. The van der Waals surface area contributed by atoms with Crippen molar-refractivity contribution in [1.82, 2.24) is 9.78 Å². The van der Waals surface area contributed by atoms with Crippen molar-refractivity contribution < 1.29 is 14.3 Å². The predicted octanol–water partition coefficient (Wildman–Crippen LogP) is 1.67. The molecule has 0 aliphatic rings. The Morgan fingerprint density at radius 2 is 2.00 bits per heavy atom. The van der Waals surface area contributed by atoms with E-state index in [0.29, 0.717) is 22.8 Å². The Hall–Kier alpha value is -2.30. The summed E-state index contributed by atoms with van der Waals surface area (Å²) >= 11 is 0. The minimum Gasteiger partial charge on any atom is -0.497 e. The van der Waals surface area contributed by atoms with E-state index in [1.165, 1.54) is 11.8 Å². The number of hydrogen-bond acceptors (Lipinski definition) is 4. The normalized spacial score (nSPS) is 10.2. The van der Waals surface area contributed by atoms with Crippen molar-refractivity contribution in [3.63, 3.8) is 0 Å². The molecule has 0 saturated heterocycles. The van der Waals surface area contributed by atoms with Crippen LogP contribution in [0, 0.1) is 0 Å². The Bertz CT molecular complexity index is 575. The molecule has 1 aromatic heterocycles. The van der Waals surface area contributed by atoms with Gasteiger partial charge in [0.25, 0.3) is 0 Å². The highest BCUT2D eigenvalue weighted by Gasteiger charge is 2.18. The number of rotatable bonds is 4. The molecule has 0 bridgehead atoms.